The Bertz CT molecular complexity index is 868. The van der Waals surface area contributed by atoms with Gasteiger partial charge in [0.25, 0.3) is 5.91 Å². The molecule has 0 aliphatic carbocycles. The maximum Gasteiger partial charge on any atom is 0.290 e. The summed E-state index contributed by atoms with van der Waals surface area (Å²) < 4.78 is 5.57. The highest BCUT2D eigenvalue weighted by Crippen LogP contribution is 2.39. The third kappa shape index (κ3) is 4.18. The van der Waals surface area contributed by atoms with Gasteiger partial charge in [0.1, 0.15) is 0 Å². The molecule has 1 atom stereocenters. The van der Waals surface area contributed by atoms with Gasteiger partial charge in [0.2, 0.25) is 5.78 Å². The van der Waals surface area contributed by atoms with Crippen molar-refractivity contribution >= 4 is 23.0 Å². The smallest absolute Gasteiger partial charge is 0.290 e. The Labute approximate surface area is 169 Å². The second kappa shape index (κ2) is 8.71. The molecule has 148 valence electrons. The normalized spacial score (nSPS) is 17.1. The highest BCUT2D eigenvalue weighted by Gasteiger charge is 2.43. The van der Waals surface area contributed by atoms with E-state index in [2.05, 4.69) is 0 Å². The standard InChI is InChI=1S/C22H25NO4S/c1-14(2)27-12-5-11-23-19(16-9-7-15(3)8-10-16)18(21(25)22(23)26)20(24)17-6-4-13-28-17/h4,6-10,13-14,19,25H,5,11-12H2,1-3H3. The molecule has 1 unspecified atom stereocenters. The Kier molecular flexibility index (Phi) is 6.31. The van der Waals surface area contributed by atoms with E-state index in [4.69, 9.17) is 4.74 Å². The van der Waals surface area contributed by atoms with Gasteiger partial charge in [-0.1, -0.05) is 35.9 Å². The lowest BCUT2D eigenvalue weighted by atomic mass is 9.95. The van der Waals surface area contributed by atoms with Crippen molar-refractivity contribution in [2.24, 2.45) is 0 Å². The number of carbonyl (C=O) groups excluding carboxylic acids is 2. The van der Waals surface area contributed by atoms with Crippen molar-refractivity contribution in [2.75, 3.05) is 13.2 Å². The first-order valence-corrected chi connectivity index (χ1v) is 10.3. The Hall–Kier alpha value is -2.44. The van der Waals surface area contributed by atoms with Gasteiger partial charge in [0, 0.05) is 13.2 Å². The largest absolute Gasteiger partial charge is 0.503 e. The number of ether oxygens (including phenoxy) is 1. The maximum atomic E-state index is 13.1. The molecule has 1 aliphatic heterocycles. The first-order chi connectivity index (χ1) is 13.4. The quantitative estimate of drug-likeness (QED) is 0.526. The van der Waals surface area contributed by atoms with E-state index < -0.39 is 17.7 Å². The molecule has 0 bridgehead atoms. The highest BCUT2D eigenvalue weighted by molar-refractivity contribution is 7.12. The summed E-state index contributed by atoms with van der Waals surface area (Å²) in [4.78, 5) is 27.9. The Balaban J connectivity index is 1.93. The molecule has 2 heterocycles. The number of hydrogen-bond acceptors (Lipinski definition) is 5. The number of carbonyl (C=O) groups is 2. The second-order valence-electron chi connectivity index (χ2n) is 7.15. The molecule has 1 aliphatic rings. The molecule has 1 N–H and O–H groups in total. The molecule has 1 amide bonds. The van der Waals surface area contributed by atoms with E-state index in [1.54, 1.807) is 17.0 Å². The number of ketones is 1. The van der Waals surface area contributed by atoms with Gasteiger partial charge in [0.05, 0.1) is 22.6 Å². The minimum Gasteiger partial charge on any atom is -0.503 e. The highest BCUT2D eigenvalue weighted by atomic mass is 32.1. The number of amides is 1. The molecule has 0 radical (unpaired) electrons. The van der Waals surface area contributed by atoms with Gasteiger partial charge >= 0.3 is 0 Å². The Morgan fingerprint density at radius 2 is 1.96 bits per heavy atom. The summed E-state index contributed by atoms with van der Waals surface area (Å²) in [6.07, 6.45) is 0.740. The van der Waals surface area contributed by atoms with Crippen molar-refractivity contribution in [3.05, 3.63) is 69.1 Å². The molecule has 0 saturated carbocycles. The summed E-state index contributed by atoms with van der Waals surface area (Å²) >= 11 is 1.30. The minimum atomic E-state index is -0.596. The van der Waals surface area contributed by atoms with Crippen molar-refractivity contribution in [3.8, 4) is 0 Å². The van der Waals surface area contributed by atoms with Crippen LogP contribution < -0.4 is 0 Å². The Morgan fingerprint density at radius 1 is 1.25 bits per heavy atom. The monoisotopic (exact) mass is 399 g/mol. The third-order valence-corrected chi connectivity index (χ3v) is 5.55. The number of aliphatic hydroxyl groups is 1. The molecule has 5 nitrogen and oxygen atoms in total. The summed E-state index contributed by atoms with van der Waals surface area (Å²) in [6.45, 7) is 6.81. The molecule has 0 saturated heterocycles. The lowest BCUT2D eigenvalue weighted by Crippen LogP contribution is -2.32. The zero-order chi connectivity index (χ0) is 20.3. The lowest BCUT2D eigenvalue weighted by Gasteiger charge is -2.27. The van der Waals surface area contributed by atoms with Crippen LogP contribution in [0, 0.1) is 6.92 Å². The van der Waals surface area contributed by atoms with E-state index in [1.165, 1.54) is 11.3 Å². The number of aryl methyl sites for hydroxylation is 1. The fourth-order valence-corrected chi connectivity index (χ4v) is 3.98. The average Bonchev–Trinajstić information content (AvgIpc) is 3.28. The average molecular weight is 400 g/mol. The number of Topliss-reactive ketones (excluding diaryl/α,β-unsaturated/α-hetero) is 1. The molecule has 0 fully saturated rings. The van der Waals surface area contributed by atoms with Crippen molar-refractivity contribution < 1.29 is 19.4 Å². The van der Waals surface area contributed by atoms with Gasteiger partial charge in [-0.25, -0.2) is 0 Å². The van der Waals surface area contributed by atoms with E-state index in [1.807, 2.05) is 50.4 Å². The molecule has 28 heavy (non-hydrogen) atoms. The number of rotatable bonds is 8. The molecular formula is C22H25NO4S. The molecule has 1 aromatic heterocycles. The second-order valence-corrected chi connectivity index (χ2v) is 8.10. The summed E-state index contributed by atoms with van der Waals surface area (Å²) in [6, 6.07) is 10.6. The first kappa shape index (κ1) is 20.3. The number of aliphatic hydroxyl groups excluding tert-OH is 1. The zero-order valence-electron chi connectivity index (χ0n) is 16.3. The predicted molar refractivity (Wildman–Crippen MR) is 110 cm³/mol. The topological polar surface area (TPSA) is 66.8 Å². The SMILES string of the molecule is Cc1ccc(C2C(C(=O)c3cccs3)=C(O)C(=O)N2CCCOC(C)C)cc1. The van der Waals surface area contributed by atoms with Crippen LogP contribution in [-0.4, -0.2) is 41.0 Å². The molecule has 2 aromatic rings. The minimum absolute atomic E-state index is 0.115. The first-order valence-electron chi connectivity index (χ1n) is 9.40. The van der Waals surface area contributed by atoms with Gasteiger partial charge in [-0.2, -0.15) is 0 Å². The van der Waals surface area contributed by atoms with E-state index >= 15 is 0 Å². The van der Waals surface area contributed by atoms with Gasteiger partial charge in [-0.3, -0.25) is 9.59 Å². The van der Waals surface area contributed by atoms with Crippen LogP contribution >= 0.6 is 11.3 Å². The van der Waals surface area contributed by atoms with Crippen LogP contribution in [0.3, 0.4) is 0 Å². The lowest BCUT2D eigenvalue weighted by molar-refractivity contribution is -0.129. The van der Waals surface area contributed by atoms with Gasteiger partial charge in [-0.15, -0.1) is 11.3 Å². The molecule has 1 aromatic carbocycles. The van der Waals surface area contributed by atoms with Crippen molar-refractivity contribution in [2.45, 2.75) is 39.3 Å². The van der Waals surface area contributed by atoms with Crippen LogP contribution in [0.5, 0.6) is 0 Å². The Morgan fingerprint density at radius 3 is 2.57 bits per heavy atom. The van der Waals surface area contributed by atoms with Gasteiger partial charge in [0.15, 0.2) is 5.76 Å². The van der Waals surface area contributed by atoms with Gasteiger partial charge < -0.3 is 14.7 Å². The van der Waals surface area contributed by atoms with Crippen LogP contribution in [0.15, 0.2) is 53.1 Å². The van der Waals surface area contributed by atoms with Crippen LogP contribution in [0.2, 0.25) is 0 Å². The zero-order valence-corrected chi connectivity index (χ0v) is 17.2. The van der Waals surface area contributed by atoms with E-state index in [-0.39, 0.29) is 17.5 Å². The molecule has 3 rings (SSSR count). The summed E-state index contributed by atoms with van der Waals surface area (Å²) in [7, 11) is 0. The van der Waals surface area contributed by atoms with E-state index in [0.29, 0.717) is 24.4 Å². The van der Waals surface area contributed by atoms with Crippen molar-refractivity contribution in [3.63, 3.8) is 0 Å². The summed E-state index contributed by atoms with van der Waals surface area (Å²) in [5.41, 5.74) is 2.05. The summed E-state index contributed by atoms with van der Waals surface area (Å²) in [5.74, 6) is -1.25. The van der Waals surface area contributed by atoms with Crippen LogP contribution in [0.4, 0.5) is 0 Å². The maximum absolute atomic E-state index is 13.1. The number of hydrogen-bond donors (Lipinski definition) is 1. The number of nitrogens with zero attached hydrogens (tertiary/aromatic N) is 1. The summed E-state index contributed by atoms with van der Waals surface area (Å²) in [5, 5.41) is 12.4. The third-order valence-electron chi connectivity index (χ3n) is 4.68. The molecular weight excluding hydrogens is 374 g/mol. The van der Waals surface area contributed by atoms with Crippen molar-refractivity contribution in [1.29, 1.82) is 0 Å². The fraction of sp³-hybridized carbons (Fsp3) is 0.364. The predicted octanol–water partition coefficient (Wildman–Crippen LogP) is 4.45. The van der Waals surface area contributed by atoms with Crippen LogP contribution in [-0.2, 0) is 9.53 Å². The fourth-order valence-electron chi connectivity index (χ4n) is 3.31. The van der Waals surface area contributed by atoms with E-state index in [0.717, 1.165) is 11.1 Å². The number of benzene rings is 1. The van der Waals surface area contributed by atoms with Crippen LogP contribution in [0.25, 0.3) is 0 Å². The van der Waals surface area contributed by atoms with Crippen molar-refractivity contribution in [1.82, 2.24) is 4.90 Å². The number of thiophene rings is 1. The molecule has 6 heteroatoms. The van der Waals surface area contributed by atoms with Crippen LogP contribution in [0.1, 0.15) is 47.1 Å². The molecule has 0 spiro atoms. The van der Waals surface area contributed by atoms with Gasteiger partial charge in [-0.05, 0) is 44.2 Å². The van der Waals surface area contributed by atoms with E-state index in [9.17, 15) is 14.7 Å².